The van der Waals surface area contributed by atoms with Gasteiger partial charge in [-0.2, -0.15) is 0 Å². The third-order valence-electron chi connectivity index (χ3n) is 4.20. The topological polar surface area (TPSA) is 96.3 Å². The van der Waals surface area contributed by atoms with Gasteiger partial charge in [0.05, 0.1) is 16.9 Å². The Labute approximate surface area is 118 Å². The number of β-lactam (4-membered cyclic amide) rings is 1. The number of amides is 1. The molecule has 8 heteroatoms. The minimum absolute atomic E-state index is 0.0535. The first-order valence-electron chi connectivity index (χ1n) is 6.46. The van der Waals surface area contributed by atoms with Crippen molar-refractivity contribution >= 4 is 23.6 Å². The number of carboxylic acid groups (broad SMARTS) is 1. The van der Waals surface area contributed by atoms with Crippen LogP contribution in [-0.4, -0.2) is 50.5 Å². The number of hydrogen-bond acceptors (Lipinski definition) is 6. The van der Waals surface area contributed by atoms with Crippen molar-refractivity contribution in [2.24, 2.45) is 5.92 Å². The van der Waals surface area contributed by atoms with Gasteiger partial charge in [0, 0.05) is 12.8 Å². The minimum Gasteiger partial charge on any atom is -0.477 e. The van der Waals surface area contributed by atoms with Gasteiger partial charge in [-0.25, -0.2) is 4.79 Å². The molecule has 0 aromatic rings. The molecule has 0 aromatic carbocycles. The smallest absolute Gasteiger partial charge is 0.353 e. The molecule has 4 fully saturated rings. The lowest BCUT2D eigenvalue weighted by atomic mass is 9.92. The summed E-state index contributed by atoms with van der Waals surface area (Å²) >= 11 is 1.26. The lowest BCUT2D eigenvalue weighted by Crippen LogP contribution is -2.60. The maximum absolute atomic E-state index is 12.1. The molecule has 2 bridgehead atoms. The van der Waals surface area contributed by atoms with Gasteiger partial charge in [0.2, 0.25) is 11.7 Å². The van der Waals surface area contributed by atoms with Crippen molar-refractivity contribution in [3.8, 4) is 0 Å². The summed E-state index contributed by atoms with van der Waals surface area (Å²) in [5, 5.41) is 18.7. The zero-order valence-corrected chi connectivity index (χ0v) is 11.4. The van der Waals surface area contributed by atoms with Gasteiger partial charge in [0.15, 0.2) is 6.29 Å². The minimum atomic E-state index is -1.16. The molecule has 0 spiro atoms. The van der Waals surface area contributed by atoms with Gasteiger partial charge in [-0.05, 0) is 6.92 Å². The Morgan fingerprint density at radius 3 is 2.75 bits per heavy atom. The number of hydrogen-bond donors (Lipinski definition) is 2. The summed E-state index contributed by atoms with van der Waals surface area (Å²) in [7, 11) is 0. The Morgan fingerprint density at radius 1 is 1.55 bits per heavy atom. The van der Waals surface area contributed by atoms with Gasteiger partial charge >= 0.3 is 5.97 Å². The van der Waals surface area contributed by atoms with Crippen LogP contribution < -0.4 is 0 Å². The van der Waals surface area contributed by atoms with E-state index in [-0.39, 0.29) is 23.3 Å². The largest absolute Gasteiger partial charge is 0.477 e. The predicted octanol–water partition coefficient (Wildman–Crippen LogP) is 0.0577. The van der Waals surface area contributed by atoms with E-state index in [4.69, 9.17) is 9.47 Å². The molecule has 0 aliphatic carbocycles. The number of carbonyl (C=O) groups excluding carboxylic acids is 1. The molecule has 5 aliphatic heterocycles. The maximum atomic E-state index is 12.1. The van der Waals surface area contributed by atoms with Crippen LogP contribution in [-0.2, 0) is 19.1 Å². The van der Waals surface area contributed by atoms with Gasteiger partial charge in [-0.1, -0.05) is 11.8 Å². The normalized spacial score (nSPS) is 43.2. The summed E-state index contributed by atoms with van der Waals surface area (Å²) in [4.78, 5) is 25.3. The Balaban J connectivity index is 1.72. The van der Waals surface area contributed by atoms with Crippen LogP contribution >= 0.6 is 11.8 Å². The number of rotatable bonds is 3. The summed E-state index contributed by atoms with van der Waals surface area (Å²) in [6.45, 7) is 1.54. The monoisotopic (exact) mass is 299 g/mol. The molecule has 4 saturated heterocycles. The van der Waals surface area contributed by atoms with Gasteiger partial charge < -0.3 is 19.7 Å². The van der Waals surface area contributed by atoms with E-state index in [0.717, 1.165) is 6.42 Å². The number of aliphatic hydroxyl groups excluding tert-OH is 1. The molecule has 0 saturated carbocycles. The number of aliphatic carboxylic acids is 1. The Bertz CT molecular complexity index is 547. The molecule has 5 heterocycles. The number of carbonyl (C=O) groups is 2. The van der Waals surface area contributed by atoms with Crippen molar-refractivity contribution in [1.29, 1.82) is 0 Å². The van der Waals surface area contributed by atoms with E-state index in [0.29, 0.717) is 11.3 Å². The molecule has 7 nitrogen and oxygen atoms in total. The number of nitrogens with zero attached hydrogens (tertiary/aromatic N) is 1. The number of ether oxygens (including phenoxy) is 2. The molecule has 3 atom stereocenters. The van der Waals surface area contributed by atoms with E-state index in [1.165, 1.54) is 16.7 Å². The van der Waals surface area contributed by atoms with Crippen LogP contribution in [0.4, 0.5) is 0 Å². The van der Waals surface area contributed by atoms with Crippen LogP contribution in [0, 0.1) is 5.92 Å². The first-order valence-corrected chi connectivity index (χ1v) is 7.34. The standard InChI is InChI=1S/C12H13NO6S/c1-4(14)6-9(15)13-7(11(16)17)8(20-10(6)13)12-3-2-5(18-12)19-12/h4-6,10,14H,2-3H2,1H3,(H,16,17)/t4-,5?,6+,10-,12?/m1/s1. The second-order valence-corrected chi connectivity index (χ2v) is 6.55. The Kier molecular flexibility index (Phi) is 2.37. The highest BCUT2D eigenvalue weighted by Crippen LogP contribution is 2.60. The zero-order valence-electron chi connectivity index (χ0n) is 10.6. The summed E-state index contributed by atoms with van der Waals surface area (Å²) in [5.74, 6) is -3.07. The summed E-state index contributed by atoms with van der Waals surface area (Å²) in [6, 6.07) is 0. The van der Waals surface area contributed by atoms with Gasteiger partial charge in [0.25, 0.3) is 0 Å². The highest BCUT2D eigenvalue weighted by Gasteiger charge is 2.65. The molecular weight excluding hydrogens is 286 g/mol. The highest BCUT2D eigenvalue weighted by atomic mass is 32.2. The van der Waals surface area contributed by atoms with E-state index >= 15 is 0 Å². The second-order valence-electron chi connectivity index (χ2n) is 5.42. The molecule has 5 rings (SSSR count). The predicted molar refractivity (Wildman–Crippen MR) is 66.0 cm³/mol. The average molecular weight is 299 g/mol. The van der Waals surface area contributed by atoms with E-state index in [1.54, 1.807) is 6.92 Å². The molecule has 2 N–H and O–H groups in total. The molecule has 0 radical (unpaired) electrons. The third-order valence-corrected chi connectivity index (χ3v) is 5.69. The van der Waals surface area contributed by atoms with E-state index in [1.807, 2.05) is 0 Å². The van der Waals surface area contributed by atoms with Crippen LogP contribution in [0.1, 0.15) is 19.8 Å². The Morgan fingerprint density at radius 2 is 2.25 bits per heavy atom. The highest BCUT2D eigenvalue weighted by molar-refractivity contribution is 8.04. The van der Waals surface area contributed by atoms with Crippen molar-refractivity contribution < 1.29 is 29.3 Å². The first-order chi connectivity index (χ1) is 9.44. The first kappa shape index (κ1) is 12.6. The molecule has 0 aromatic heterocycles. The van der Waals surface area contributed by atoms with Crippen molar-refractivity contribution in [3.63, 3.8) is 0 Å². The zero-order chi connectivity index (χ0) is 14.2. The average Bonchev–Trinajstić information content (AvgIpc) is 2.95. The molecular formula is C12H13NO6S. The van der Waals surface area contributed by atoms with E-state index < -0.39 is 23.8 Å². The molecule has 20 heavy (non-hydrogen) atoms. The number of fused-ring (bicyclic) bond motifs is 2. The number of aliphatic hydroxyl groups is 1. The molecule has 108 valence electrons. The van der Waals surface area contributed by atoms with Crippen LogP contribution in [0.25, 0.3) is 0 Å². The van der Waals surface area contributed by atoms with Crippen molar-refractivity contribution in [2.75, 3.05) is 0 Å². The SMILES string of the molecule is C[C@@H](O)[C@H]1C(=O)N2C(C(=O)O)=C(C34CCC(O3)O4)S[C@H]12. The van der Waals surface area contributed by atoms with Crippen molar-refractivity contribution in [2.45, 2.75) is 43.3 Å². The van der Waals surface area contributed by atoms with Crippen molar-refractivity contribution in [3.05, 3.63) is 10.6 Å². The van der Waals surface area contributed by atoms with Gasteiger partial charge in [0.1, 0.15) is 11.1 Å². The van der Waals surface area contributed by atoms with Crippen LogP contribution in [0.5, 0.6) is 0 Å². The van der Waals surface area contributed by atoms with Gasteiger partial charge in [-0.15, -0.1) is 0 Å². The lowest BCUT2D eigenvalue weighted by molar-refractivity contribution is -0.386. The van der Waals surface area contributed by atoms with Crippen LogP contribution in [0.2, 0.25) is 0 Å². The van der Waals surface area contributed by atoms with E-state index in [9.17, 15) is 19.8 Å². The fourth-order valence-corrected chi connectivity index (χ4v) is 4.97. The van der Waals surface area contributed by atoms with Gasteiger partial charge in [-0.3, -0.25) is 9.69 Å². The van der Waals surface area contributed by atoms with Crippen LogP contribution in [0.15, 0.2) is 10.6 Å². The molecule has 5 aliphatic rings. The van der Waals surface area contributed by atoms with E-state index in [2.05, 4.69) is 0 Å². The summed E-state index contributed by atoms with van der Waals surface area (Å²) in [5.41, 5.74) is -0.0535. The quantitative estimate of drug-likeness (QED) is 0.711. The fraction of sp³-hybridized carbons (Fsp3) is 0.667. The molecule has 0 unspecified atom stereocenters. The number of carboxylic acids is 1. The summed E-state index contributed by atoms with van der Waals surface area (Å²) < 4.78 is 11.2. The molecule has 1 amide bonds. The summed E-state index contributed by atoms with van der Waals surface area (Å²) in [6.07, 6.45) is 0.276. The second kappa shape index (κ2) is 3.76. The maximum Gasteiger partial charge on any atom is 0.353 e. The third kappa shape index (κ3) is 1.32. The lowest BCUT2D eigenvalue weighted by Gasteiger charge is -2.43. The fourth-order valence-electron chi connectivity index (χ4n) is 3.25. The van der Waals surface area contributed by atoms with Crippen LogP contribution in [0.3, 0.4) is 0 Å². The number of thioether (sulfide) groups is 1. The van der Waals surface area contributed by atoms with Crippen molar-refractivity contribution in [1.82, 2.24) is 4.90 Å². The Hall–Kier alpha value is -1.09.